The largest absolute Gasteiger partial charge is 0.333 e. The van der Waals surface area contributed by atoms with Crippen molar-refractivity contribution in [2.24, 2.45) is 0 Å². The normalized spacial score (nSPS) is 24.1. The minimum absolute atomic E-state index is 0.0113. The lowest BCUT2D eigenvalue weighted by Gasteiger charge is -2.48. The van der Waals surface area contributed by atoms with E-state index in [1.165, 1.54) is 0 Å². The topological polar surface area (TPSA) is 73.8 Å². The monoisotopic (exact) mass is 474 g/mol. The summed E-state index contributed by atoms with van der Waals surface area (Å²) in [6.45, 7) is 2.93. The van der Waals surface area contributed by atoms with E-state index in [1.807, 2.05) is 48.2 Å². The van der Waals surface area contributed by atoms with Crippen molar-refractivity contribution in [3.8, 4) is 0 Å². The van der Waals surface area contributed by atoms with E-state index in [9.17, 15) is 14.4 Å². The molecule has 2 fully saturated rings. The molecule has 1 aromatic heterocycles. The molecule has 6 rings (SSSR count). The standard InChI is InChI=1S/C26H26N4O3S/c1-26-14-12-23(32)30(26)19-9-4-2-7-17(19)25(33)29(26)16-13-22(31)28-15-6-10-20(28)24-27-18-8-3-5-11-21(18)34-24/h2-5,7-9,11,20H,6,10,12-16H2,1H3. The van der Waals surface area contributed by atoms with Crippen molar-refractivity contribution in [2.75, 3.05) is 18.0 Å². The Morgan fingerprint density at radius 3 is 2.79 bits per heavy atom. The van der Waals surface area contributed by atoms with Crippen molar-refractivity contribution < 1.29 is 14.4 Å². The molecule has 3 aromatic rings. The zero-order chi connectivity index (χ0) is 23.4. The molecule has 3 amide bonds. The van der Waals surface area contributed by atoms with Crippen LogP contribution in [0.25, 0.3) is 10.2 Å². The maximum Gasteiger partial charge on any atom is 0.257 e. The number of thiazole rings is 1. The van der Waals surface area contributed by atoms with Gasteiger partial charge in [-0.1, -0.05) is 24.3 Å². The molecule has 3 aliphatic heterocycles. The van der Waals surface area contributed by atoms with Crippen molar-refractivity contribution in [1.29, 1.82) is 0 Å². The lowest BCUT2D eigenvalue weighted by molar-refractivity contribution is -0.132. The fraction of sp³-hybridized carbons (Fsp3) is 0.385. The molecule has 0 N–H and O–H groups in total. The number of fused-ring (bicyclic) bond motifs is 4. The summed E-state index contributed by atoms with van der Waals surface area (Å²) in [5.41, 5.74) is 1.44. The Bertz CT molecular complexity index is 1290. The second-order valence-corrected chi connectivity index (χ2v) is 10.5. The maximum atomic E-state index is 13.4. The maximum absolute atomic E-state index is 13.4. The molecular weight excluding hydrogens is 448 g/mol. The van der Waals surface area contributed by atoms with Crippen molar-refractivity contribution in [3.05, 3.63) is 59.1 Å². The summed E-state index contributed by atoms with van der Waals surface area (Å²) in [5, 5.41) is 0.981. The van der Waals surface area contributed by atoms with Gasteiger partial charge in [-0.05, 0) is 50.5 Å². The lowest BCUT2D eigenvalue weighted by atomic mass is 9.98. The highest BCUT2D eigenvalue weighted by molar-refractivity contribution is 7.18. The number of amides is 3. The van der Waals surface area contributed by atoms with Crippen LogP contribution in [0.3, 0.4) is 0 Å². The van der Waals surface area contributed by atoms with Crippen LogP contribution in [0.2, 0.25) is 0 Å². The van der Waals surface area contributed by atoms with E-state index in [2.05, 4.69) is 6.07 Å². The van der Waals surface area contributed by atoms with Gasteiger partial charge in [-0.2, -0.15) is 0 Å². The van der Waals surface area contributed by atoms with Gasteiger partial charge in [0.25, 0.3) is 5.91 Å². The molecule has 3 aliphatic rings. The number of anilines is 1. The first-order valence-electron chi connectivity index (χ1n) is 11.9. The molecule has 8 heteroatoms. The number of nitrogens with zero attached hydrogens (tertiary/aromatic N) is 4. The highest BCUT2D eigenvalue weighted by Gasteiger charge is 2.53. The predicted molar refractivity (Wildman–Crippen MR) is 131 cm³/mol. The Balaban J connectivity index is 1.23. The van der Waals surface area contributed by atoms with Crippen LogP contribution >= 0.6 is 11.3 Å². The Morgan fingerprint density at radius 2 is 1.94 bits per heavy atom. The number of carbonyl (C=O) groups excluding carboxylic acids is 3. The molecule has 2 unspecified atom stereocenters. The Labute approximate surface area is 202 Å². The average Bonchev–Trinajstić information content (AvgIpc) is 3.56. The van der Waals surface area contributed by atoms with Gasteiger partial charge in [-0.25, -0.2) is 4.98 Å². The van der Waals surface area contributed by atoms with Crippen LogP contribution in [0, 0.1) is 0 Å². The first kappa shape index (κ1) is 21.3. The Morgan fingerprint density at radius 1 is 1.15 bits per heavy atom. The molecule has 7 nitrogen and oxygen atoms in total. The third-order valence-electron chi connectivity index (χ3n) is 7.46. The van der Waals surface area contributed by atoms with E-state index in [4.69, 9.17) is 4.98 Å². The van der Waals surface area contributed by atoms with Gasteiger partial charge in [0.1, 0.15) is 10.7 Å². The van der Waals surface area contributed by atoms with Gasteiger partial charge in [0.05, 0.1) is 27.5 Å². The summed E-state index contributed by atoms with van der Waals surface area (Å²) in [7, 11) is 0. The van der Waals surface area contributed by atoms with E-state index >= 15 is 0 Å². The molecule has 174 valence electrons. The molecule has 34 heavy (non-hydrogen) atoms. The molecule has 0 radical (unpaired) electrons. The minimum atomic E-state index is -0.736. The third kappa shape index (κ3) is 3.15. The summed E-state index contributed by atoms with van der Waals surface area (Å²) in [6.07, 6.45) is 3.04. The Kier molecular flexibility index (Phi) is 4.95. The van der Waals surface area contributed by atoms with Gasteiger partial charge < -0.3 is 9.80 Å². The molecule has 2 atom stereocenters. The van der Waals surface area contributed by atoms with E-state index in [-0.39, 0.29) is 36.7 Å². The van der Waals surface area contributed by atoms with Crippen molar-refractivity contribution in [2.45, 2.75) is 50.7 Å². The number of rotatable bonds is 4. The second kappa shape index (κ2) is 7.91. The molecule has 2 aromatic carbocycles. The summed E-state index contributed by atoms with van der Waals surface area (Å²) in [5.74, 6) is -0.0527. The van der Waals surface area contributed by atoms with Gasteiger partial charge in [-0.15, -0.1) is 11.3 Å². The number of aromatic nitrogens is 1. The number of carbonyl (C=O) groups is 3. The lowest BCUT2D eigenvalue weighted by Crippen LogP contribution is -2.62. The summed E-state index contributed by atoms with van der Waals surface area (Å²) < 4.78 is 1.13. The number of benzene rings is 2. The fourth-order valence-corrected chi connectivity index (χ4v) is 6.86. The zero-order valence-electron chi connectivity index (χ0n) is 19.1. The van der Waals surface area contributed by atoms with E-state index in [1.54, 1.807) is 27.2 Å². The number of hydrogen-bond donors (Lipinski definition) is 0. The average molecular weight is 475 g/mol. The number of hydrogen-bond acceptors (Lipinski definition) is 5. The molecule has 4 heterocycles. The van der Waals surface area contributed by atoms with Gasteiger partial charge in [0.15, 0.2) is 0 Å². The summed E-state index contributed by atoms with van der Waals surface area (Å²) in [4.78, 5) is 49.8. The van der Waals surface area contributed by atoms with Crippen LogP contribution in [-0.2, 0) is 9.59 Å². The molecular formula is C26H26N4O3S. The van der Waals surface area contributed by atoms with Crippen LogP contribution < -0.4 is 4.90 Å². The fourth-order valence-electron chi connectivity index (χ4n) is 5.75. The van der Waals surface area contributed by atoms with Crippen LogP contribution in [0.15, 0.2) is 48.5 Å². The number of para-hydroxylation sites is 2. The second-order valence-electron chi connectivity index (χ2n) is 9.44. The number of likely N-dealkylation sites (tertiary alicyclic amines) is 1. The first-order chi connectivity index (χ1) is 16.5. The highest BCUT2D eigenvalue weighted by atomic mass is 32.1. The quantitative estimate of drug-likeness (QED) is 0.564. The van der Waals surface area contributed by atoms with Crippen LogP contribution in [0.5, 0.6) is 0 Å². The summed E-state index contributed by atoms with van der Waals surface area (Å²) >= 11 is 1.65. The Hall–Kier alpha value is -3.26. The van der Waals surface area contributed by atoms with Gasteiger partial charge in [-0.3, -0.25) is 19.3 Å². The summed E-state index contributed by atoms with van der Waals surface area (Å²) in [6, 6.07) is 15.3. The van der Waals surface area contributed by atoms with Crippen LogP contribution in [-0.4, -0.2) is 51.3 Å². The van der Waals surface area contributed by atoms with Crippen molar-refractivity contribution in [1.82, 2.24) is 14.8 Å². The first-order valence-corrected chi connectivity index (χ1v) is 12.7. The predicted octanol–water partition coefficient (Wildman–Crippen LogP) is 4.35. The molecule has 0 saturated carbocycles. The van der Waals surface area contributed by atoms with E-state index in [0.717, 1.165) is 28.1 Å². The highest BCUT2D eigenvalue weighted by Crippen LogP contribution is 2.44. The zero-order valence-corrected chi connectivity index (χ0v) is 19.9. The van der Waals surface area contributed by atoms with Gasteiger partial charge in [0, 0.05) is 25.9 Å². The smallest absolute Gasteiger partial charge is 0.257 e. The van der Waals surface area contributed by atoms with Crippen LogP contribution in [0.4, 0.5) is 5.69 Å². The van der Waals surface area contributed by atoms with Crippen molar-refractivity contribution in [3.63, 3.8) is 0 Å². The van der Waals surface area contributed by atoms with Gasteiger partial charge >= 0.3 is 0 Å². The molecule has 0 aliphatic carbocycles. The molecule has 0 spiro atoms. The third-order valence-corrected chi connectivity index (χ3v) is 8.60. The van der Waals surface area contributed by atoms with E-state index in [0.29, 0.717) is 30.6 Å². The minimum Gasteiger partial charge on any atom is -0.333 e. The van der Waals surface area contributed by atoms with Crippen molar-refractivity contribution >= 4 is 45.0 Å². The van der Waals surface area contributed by atoms with E-state index < -0.39 is 5.66 Å². The van der Waals surface area contributed by atoms with Gasteiger partial charge in [0.2, 0.25) is 11.8 Å². The SMILES string of the molecule is CC12CCC(=O)N1c1ccccc1C(=O)N2CCC(=O)N1CCCC1c1nc2ccccc2s1. The molecule has 0 bridgehead atoms. The van der Waals surface area contributed by atoms with Crippen LogP contribution in [0.1, 0.15) is 60.4 Å². The molecule has 2 saturated heterocycles.